The number of nitrogens with zero attached hydrogens (tertiary/aromatic N) is 5. The summed E-state index contributed by atoms with van der Waals surface area (Å²) < 4.78 is 5.55. The van der Waals surface area contributed by atoms with Crippen LogP contribution in [0.15, 0.2) is 41.1 Å². The second-order valence-corrected chi connectivity index (χ2v) is 5.94. The van der Waals surface area contributed by atoms with Gasteiger partial charge in [-0.3, -0.25) is 4.98 Å². The standard InChI is InChI=1S/C15H20N6OS.HI/c16-14(18-4-10-22-13-2-1-3-17-12-13)20-6-8-21(9-7-20)15-19-5-11-23-15;/h1-3,5,11-12H,4,6-10H2,(H2,16,18);1H. The summed E-state index contributed by atoms with van der Waals surface area (Å²) in [4.78, 5) is 17.1. The third kappa shape index (κ3) is 5.20. The van der Waals surface area contributed by atoms with Gasteiger partial charge >= 0.3 is 0 Å². The molecule has 0 spiro atoms. The van der Waals surface area contributed by atoms with Crippen LogP contribution in [0.4, 0.5) is 5.13 Å². The van der Waals surface area contributed by atoms with E-state index in [-0.39, 0.29) is 24.0 Å². The van der Waals surface area contributed by atoms with E-state index in [4.69, 9.17) is 10.5 Å². The predicted molar refractivity (Wildman–Crippen MR) is 108 cm³/mol. The number of guanidine groups is 1. The molecule has 24 heavy (non-hydrogen) atoms. The van der Waals surface area contributed by atoms with Gasteiger partial charge in [0.1, 0.15) is 12.4 Å². The number of thiazole rings is 1. The first-order chi connectivity index (χ1) is 11.3. The molecule has 3 heterocycles. The van der Waals surface area contributed by atoms with Crippen LogP contribution in [0.2, 0.25) is 0 Å². The molecule has 2 aromatic heterocycles. The number of anilines is 1. The van der Waals surface area contributed by atoms with Crippen molar-refractivity contribution >= 4 is 46.4 Å². The lowest BCUT2D eigenvalue weighted by molar-refractivity contribution is 0.325. The van der Waals surface area contributed by atoms with Gasteiger partial charge in [0, 0.05) is 44.0 Å². The monoisotopic (exact) mass is 460 g/mol. The highest BCUT2D eigenvalue weighted by atomic mass is 127. The zero-order valence-electron chi connectivity index (χ0n) is 13.2. The zero-order valence-corrected chi connectivity index (χ0v) is 16.4. The van der Waals surface area contributed by atoms with Gasteiger partial charge in [0.15, 0.2) is 11.1 Å². The van der Waals surface area contributed by atoms with Crippen molar-refractivity contribution in [1.82, 2.24) is 14.9 Å². The molecule has 2 aromatic rings. The maximum Gasteiger partial charge on any atom is 0.191 e. The molecule has 1 saturated heterocycles. The van der Waals surface area contributed by atoms with Crippen molar-refractivity contribution in [3.05, 3.63) is 36.1 Å². The molecule has 1 aliphatic heterocycles. The fourth-order valence-electron chi connectivity index (χ4n) is 2.36. The quantitative estimate of drug-likeness (QED) is 0.317. The Morgan fingerprint density at radius 2 is 2.12 bits per heavy atom. The second kappa shape index (κ2) is 9.62. The fraction of sp³-hybridized carbons (Fsp3) is 0.400. The van der Waals surface area contributed by atoms with E-state index in [9.17, 15) is 0 Å². The number of hydrogen-bond donors (Lipinski definition) is 1. The Hall–Kier alpha value is -1.62. The topological polar surface area (TPSA) is 79.9 Å². The van der Waals surface area contributed by atoms with E-state index in [1.54, 1.807) is 23.7 Å². The Bertz CT molecular complexity index is 616. The number of aromatic nitrogens is 2. The zero-order chi connectivity index (χ0) is 15.9. The third-order valence-electron chi connectivity index (χ3n) is 3.56. The summed E-state index contributed by atoms with van der Waals surface area (Å²) in [7, 11) is 0. The van der Waals surface area contributed by atoms with Crippen LogP contribution >= 0.6 is 35.3 Å². The predicted octanol–water partition coefficient (Wildman–Crippen LogP) is 1.67. The van der Waals surface area contributed by atoms with E-state index in [1.807, 2.05) is 23.7 Å². The summed E-state index contributed by atoms with van der Waals surface area (Å²) in [5.41, 5.74) is 6.07. The molecule has 0 aliphatic carbocycles. The van der Waals surface area contributed by atoms with Crippen LogP contribution in [-0.2, 0) is 0 Å². The number of piperazine rings is 1. The number of nitrogens with two attached hydrogens (primary N) is 1. The van der Waals surface area contributed by atoms with Gasteiger partial charge in [-0.25, -0.2) is 9.98 Å². The Morgan fingerprint density at radius 1 is 1.29 bits per heavy atom. The normalized spacial score (nSPS) is 15.1. The van der Waals surface area contributed by atoms with E-state index in [1.165, 1.54) is 0 Å². The van der Waals surface area contributed by atoms with Crippen molar-refractivity contribution in [2.75, 3.05) is 44.2 Å². The van der Waals surface area contributed by atoms with Crippen molar-refractivity contribution in [3.63, 3.8) is 0 Å². The van der Waals surface area contributed by atoms with Gasteiger partial charge in [-0.15, -0.1) is 35.3 Å². The molecule has 3 rings (SSSR count). The molecule has 130 valence electrons. The first-order valence-electron chi connectivity index (χ1n) is 7.55. The van der Waals surface area contributed by atoms with Gasteiger partial charge in [0.05, 0.1) is 12.7 Å². The van der Waals surface area contributed by atoms with E-state index in [0.29, 0.717) is 19.1 Å². The van der Waals surface area contributed by atoms with Crippen molar-refractivity contribution in [2.45, 2.75) is 0 Å². The molecule has 1 fully saturated rings. The van der Waals surface area contributed by atoms with Gasteiger partial charge in [0.2, 0.25) is 0 Å². The summed E-state index contributed by atoms with van der Waals surface area (Å²) in [5.74, 6) is 1.33. The van der Waals surface area contributed by atoms with Gasteiger partial charge in [0.25, 0.3) is 0 Å². The third-order valence-corrected chi connectivity index (χ3v) is 4.39. The SMILES string of the molecule is I.NC(=NCCOc1cccnc1)N1CCN(c2nccs2)CC1. The molecule has 0 amide bonds. The molecule has 7 nitrogen and oxygen atoms in total. The Morgan fingerprint density at radius 3 is 2.79 bits per heavy atom. The number of aliphatic imine (C=N–C) groups is 1. The Labute approximate surface area is 162 Å². The number of ether oxygens (including phenoxy) is 1. The highest BCUT2D eigenvalue weighted by Gasteiger charge is 2.19. The van der Waals surface area contributed by atoms with E-state index in [2.05, 4.69) is 24.8 Å². The average Bonchev–Trinajstić information content (AvgIpc) is 3.14. The van der Waals surface area contributed by atoms with Crippen LogP contribution < -0.4 is 15.4 Å². The molecular weight excluding hydrogens is 439 g/mol. The highest BCUT2D eigenvalue weighted by Crippen LogP contribution is 2.18. The largest absolute Gasteiger partial charge is 0.490 e. The molecule has 1 aliphatic rings. The van der Waals surface area contributed by atoms with Gasteiger partial charge in [-0.05, 0) is 12.1 Å². The summed E-state index contributed by atoms with van der Waals surface area (Å²) in [5, 5.41) is 3.07. The fourth-order valence-corrected chi connectivity index (χ4v) is 3.05. The maximum absolute atomic E-state index is 6.07. The van der Waals surface area contributed by atoms with Crippen LogP contribution in [0.25, 0.3) is 0 Å². The van der Waals surface area contributed by atoms with Gasteiger partial charge < -0.3 is 20.3 Å². The average molecular weight is 460 g/mol. The van der Waals surface area contributed by atoms with Crippen molar-refractivity contribution in [1.29, 1.82) is 0 Å². The first kappa shape index (κ1) is 18.7. The lowest BCUT2D eigenvalue weighted by Crippen LogP contribution is -2.51. The molecule has 9 heteroatoms. The lowest BCUT2D eigenvalue weighted by atomic mass is 10.3. The van der Waals surface area contributed by atoms with Gasteiger partial charge in [-0.2, -0.15) is 0 Å². The van der Waals surface area contributed by atoms with E-state index < -0.39 is 0 Å². The van der Waals surface area contributed by atoms with Crippen molar-refractivity contribution in [2.24, 2.45) is 10.7 Å². The Kier molecular flexibility index (Phi) is 7.50. The molecule has 0 saturated carbocycles. The summed E-state index contributed by atoms with van der Waals surface area (Å²) in [6, 6.07) is 3.72. The maximum atomic E-state index is 6.07. The highest BCUT2D eigenvalue weighted by molar-refractivity contribution is 14.0. The molecule has 0 atom stereocenters. The minimum atomic E-state index is 0. The lowest BCUT2D eigenvalue weighted by Gasteiger charge is -2.35. The Balaban J connectivity index is 0.00000208. The smallest absolute Gasteiger partial charge is 0.191 e. The number of hydrogen-bond acceptors (Lipinski definition) is 6. The molecule has 0 bridgehead atoms. The summed E-state index contributed by atoms with van der Waals surface area (Å²) in [6.07, 6.45) is 5.24. The van der Waals surface area contributed by atoms with E-state index >= 15 is 0 Å². The van der Waals surface area contributed by atoms with Crippen molar-refractivity contribution < 1.29 is 4.74 Å². The van der Waals surface area contributed by atoms with Crippen LogP contribution in [0.5, 0.6) is 5.75 Å². The number of halogens is 1. The molecule has 2 N–H and O–H groups in total. The van der Waals surface area contributed by atoms with Gasteiger partial charge in [-0.1, -0.05) is 0 Å². The van der Waals surface area contributed by atoms with Crippen LogP contribution in [-0.4, -0.2) is 60.2 Å². The summed E-state index contributed by atoms with van der Waals surface area (Å²) in [6.45, 7) is 4.57. The van der Waals surface area contributed by atoms with Crippen LogP contribution in [0.3, 0.4) is 0 Å². The van der Waals surface area contributed by atoms with E-state index in [0.717, 1.165) is 37.1 Å². The second-order valence-electron chi connectivity index (χ2n) is 5.07. The number of pyridine rings is 1. The van der Waals surface area contributed by atoms with Crippen LogP contribution in [0, 0.1) is 0 Å². The minimum absolute atomic E-state index is 0. The number of rotatable bonds is 5. The molecule has 0 unspecified atom stereocenters. The van der Waals surface area contributed by atoms with Crippen LogP contribution in [0.1, 0.15) is 0 Å². The first-order valence-corrected chi connectivity index (χ1v) is 8.43. The molecule has 0 radical (unpaired) electrons. The molecular formula is C15H21IN6OS. The molecule has 0 aromatic carbocycles. The minimum Gasteiger partial charge on any atom is -0.490 e. The summed E-state index contributed by atoms with van der Waals surface area (Å²) >= 11 is 1.67. The van der Waals surface area contributed by atoms with Crippen molar-refractivity contribution in [3.8, 4) is 5.75 Å².